The Labute approximate surface area is 113 Å². The van der Waals surface area contributed by atoms with E-state index >= 15 is 0 Å². The van der Waals surface area contributed by atoms with Crippen LogP contribution < -0.4 is 5.73 Å². The molecule has 2 aliphatic rings. The van der Waals surface area contributed by atoms with Crippen molar-refractivity contribution >= 4 is 0 Å². The molecule has 0 aliphatic carbocycles. The van der Waals surface area contributed by atoms with E-state index in [1.54, 1.807) is 0 Å². The highest BCUT2D eigenvalue weighted by Crippen LogP contribution is 2.35. The van der Waals surface area contributed by atoms with Gasteiger partial charge in [-0.05, 0) is 58.7 Å². The molecule has 2 fully saturated rings. The van der Waals surface area contributed by atoms with Crippen LogP contribution in [0, 0.1) is 5.92 Å². The Kier molecular flexibility index (Phi) is 4.68. The average Bonchev–Trinajstić information content (AvgIpc) is 2.56. The Morgan fingerprint density at radius 1 is 1.22 bits per heavy atom. The van der Waals surface area contributed by atoms with Crippen molar-refractivity contribution in [2.75, 3.05) is 20.6 Å². The van der Waals surface area contributed by atoms with Crippen molar-refractivity contribution < 1.29 is 0 Å². The molecule has 3 atom stereocenters. The van der Waals surface area contributed by atoms with Crippen molar-refractivity contribution in [3.05, 3.63) is 0 Å². The fourth-order valence-electron chi connectivity index (χ4n) is 3.61. The van der Waals surface area contributed by atoms with Gasteiger partial charge in [0.1, 0.15) is 0 Å². The van der Waals surface area contributed by atoms with E-state index in [0.29, 0.717) is 12.0 Å². The zero-order valence-electron chi connectivity index (χ0n) is 12.6. The molecule has 0 radical (unpaired) electrons. The second kappa shape index (κ2) is 5.89. The molecule has 0 aromatic rings. The van der Waals surface area contributed by atoms with Crippen molar-refractivity contribution in [1.82, 2.24) is 9.80 Å². The summed E-state index contributed by atoms with van der Waals surface area (Å²) in [5, 5.41) is 0. The molecule has 2 heterocycles. The van der Waals surface area contributed by atoms with E-state index in [2.05, 4.69) is 37.7 Å². The summed E-state index contributed by atoms with van der Waals surface area (Å²) in [6.45, 7) is 5.61. The predicted molar refractivity (Wildman–Crippen MR) is 77.7 cm³/mol. The van der Waals surface area contributed by atoms with Gasteiger partial charge in [0.25, 0.3) is 0 Å². The number of hydrogen-bond acceptors (Lipinski definition) is 3. The lowest BCUT2D eigenvalue weighted by Gasteiger charge is -2.40. The molecule has 2 bridgehead atoms. The van der Waals surface area contributed by atoms with Crippen molar-refractivity contribution in [2.24, 2.45) is 11.7 Å². The molecule has 2 saturated heterocycles. The van der Waals surface area contributed by atoms with E-state index in [0.717, 1.165) is 31.1 Å². The summed E-state index contributed by atoms with van der Waals surface area (Å²) in [5.74, 6) is 0.604. The molecule has 0 aromatic carbocycles. The van der Waals surface area contributed by atoms with Crippen LogP contribution in [0.3, 0.4) is 0 Å². The molecule has 106 valence electrons. The van der Waals surface area contributed by atoms with Gasteiger partial charge < -0.3 is 15.5 Å². The summed E-state index contributed by atoms with van der Waals surface area (Å²) in [6.07, 6.45) is 6.69. The highest BCUT2D eigenvalue weighted by molar-refractivity contribution is 4.96. The van der Waals surface area contributed by atoms with E-state index in [1.165, 1.54) is 25.7 Å². The minimum atomic E-state index is 0.357. The van der Waals surface area contributed by atoms with Gasteiger partial charge in [0.15, 0.2) is 0 Å². The Morgan fingerprint density at radius 3 is 2.28 bits per heavy atom. The second-order valence-corrected chi connectivity index (χ2v) is 6.85. The third kappa shape index (κ3) is 3.06. The van der Waals surface area contributed by atoms with Crippen LogP contribution in [0.15, 0.2) is 0 Å². The van der Waals surface area contributed by atoms with E-state index in [-0.39, 0.29) is 0 Å². The maximum absolute atomic E-state index is 6.15. The maximum Gasteiger partial charge on any atom is 0.0122 e. The largest absolute Gasteiger partial charge is 0.327 e. The van der Waals surface area contributed by atoms with Crippen molar-refractivity contribution in [3.63, 3.8) is 0 Å². The third-order valence-corrected chi connectivity index (χ3v) is 5.37. The fraction of sp³-hybridized carbons (Fsp3) is 1.00. The van der Waals surface area contributed by atoms with Gasteiger partial charge in [-0.15, -0.1) is 0 Å². The zero-order chi connectivity index (χ0) is 13.3. The van der Waals surface area contributed by atoms with Crippen LogP contribution in [0.5, 0.6) is 0 Å². The number of rotatable bonds is 5. The van der Waals surface area contributed by atoms with Crippen LogP contribution in [-0.2, 0) is 0 Å². The average molecular weight is 253 g/mol. The van der Waals surface area contributed by atoms with Crippen molar-refractivity contribution in [1.29, 1.82) is 0 Å². The molecule has 2 aliphatic heterocycles. The van der Waals surface area contributed by atoms with Gasteiger partial charge in [0.05, 0.1) is 0 Å². The molecule has 18 heavy (non-hydrogen) atoms. The number of nitrogens with two attached hydrogens (primary N) is 1. The molecule has 2 rings (SSSR count). The first-order valence-corrected chi connectivity index (χ1v) is 7.66. The summed E-state index contributed by atoms with van der Waals surface area (Å²) in [6, 6.07) is 2.83. The minimum Gasteiger partial charge on any atom is -0.327 e. The second-order valence-electron chi connectivity index (χ2n) is 6.85. The lowest BCUT2D eigenvalue weighted by molar-refractivity contribution is 0.0881. The van der Waals surface area contributed by atoms with Gasteiger partial charge in [0.2, 0.25) is 0 Å². The summed E-state index contributed by atoms with van der Waals surface area (Å²) in [4.78, 5) is 5.19. The number of hydrogen-bond donors (Lipinski definition) is 1. The first kappa shape index (κ1) is 14.3. The molecule has 3 nitrogen and oxygen atoms in total. The lowest BCUT2D eigenvalue weighted by atomic mass is 9.96. The highest BCUT2D eigenvalue weighted by Gasteiger charge is 2.39. The number of nitrogens with zero attached hydrogens (tertiary/aromatic N) is 2. The van der Waals surface area contributed by atoms with E-state index in [9.17, 15) is 0 Å². The van der Waals surface area contributed by atoms with Crippen LogP contribution >= 0.6 is 0 Å². The summed E-state index contributed by atoms with van der Waals surface area (Å²) in [7, 11) is 4.61. The molecular formula is C15H31N3. The van der Waals surface area contributed by atoms with Crippen LogP contribution in [0.25, 0.3) is 0 Å². The SMILES string of the molecule is CC(C)C(N)CCN(C)C1CC2CCC(C1)N2C. The summed E-state index contributed by atoms with van der Waals surface area (Å²) in [5.41, 5.74) is 6.15. The van der Waals surface area contributed by atoms with Gasteiger partial charge in [-0.2, -0.15) is 0 Å². The molecule has 0 aromatic heterocycles. The van der Waals surface area contributed by atoms with Gasteiger partial charge in [-0.25, -0.2) is 0 Å². The standard InChI is InChI=1S/C15H31N3/c1-11(2)15(16)7-8-17(3)14-9-12-5-6-13(10-14)18(12)4/h11-15H,5-10,16H2,1-4H3. The zero-order valence-corrected chi connectivity index (χ0v) is 12.6. The maximum atomic E-state index is 6.15. The Bertz CT molecular complexity index is 252. The Balaban J connectivity index is 1.78. The molecule has 3 unspecified atom stereocenters. The third-order valence-electron chi connectivity index (χ3n) is 5.37. The first-order valence-electron chi connectivity index (χ1n) is 7.66. The normalized spacial score (nSPS) is 34.5. The monoisotopic (exact) mass is 253 g/mol. The predicted octanol–water partition coefficient (Wildman–Crippen LogP) is 1.92. The molecule has 3 heteroatoms. The fourth-order valence-corrected chi connectivity index (χ4v) is 3.61. The summed E-state index contributed by atoms with van der Waals surface area (Å²) >= 11 is 0. The molecule has 0 saturated carbocycles. The lowest BCUT2D eigenvalue weighted by Crippen LogP contribution is -2.48. The van der Waals surface area contributed by atoms with Gasteiger partial charge >= 0.3 is 0 Å². The Hall–Kier alpha value is -0.120. The Morgan fingerprint density at radius 2 is 1.78 bits per heavy atom. The van der Waals surface area contributed by atoms with E-state index in [1.807, 2.05) is 0 Å². The van der Waals surface area contributed by atoms with Crippen LogP contribution in [0.1, 0.15) is 46.0 Å². The van der Waals surface area contributed by atoms with Crippen molar-refractivity contribution in [3.8, 4) is 0 Å². The van der Waals surface area contributed by atoms with Crippen LogP contribution in [0.4, 0.5) is 0 Å². The van der Waals surface area contributed by atoms with Crippen LogP contribution in [-0.4, -0.2) is 54.6 Å². The quantitative estimate of drug-likeness (QED) is 0.812. The molecule has 0 amide bonds. The van der Waals surface area contributed by atoms with E-state index < -0.39 is 0 Å². The van der Waals surface area contributed by atoms with Gasteiger partial charge in [-0.1, -0.05) is 13.8 Å². The smallest absolute Gasteiger partial charge is 0.0122 e. The van der Waals surface area contributed by atoms with Gasteiger partial charge in [0, 0.05) is 24.2 Å². The number of piperidine rings is 1. The molecule has 0 spiro atoms. The van der Waals surface area contributed by atoms with Crippen LogP contribution in [0.2, 0.25) is 0 Å². The van der Waals surface area contributed by atoms with E-state index in [4.69, 9.17) is 5.73 Å². The highest BCUT2D eigenvalue weighted by atomic mass is 15.2. The minimum absolute atomic E-state index is 0.357. The molecule has 2 N–H and O–H groups in total. The van der Waals surface area contributed by atoms with Crippen molar-refractivity contribution in [2.45, 2.75) is 70.1 Å². The first-order chi connectivity index (χ1) is 8.49. The topological polar surface area (TPSA) is 32.5 Å². The molecular weight excluding hydrogens is 222 g/mol. The number of fused-ring (bicyclic) bond motifs is 2. The van der Waals surface area contributed by atoms with Gasteiger partial charge in [-0.3, -0.25) is 0 Å². The summed E-state index contributed by atoms with van der Waals surface area (Å²) < 4.78 is 0.